The Bertz CT molecular complexity index is 1310. The maximum absolute atomic E-state index is 5.84. The molecule has 4 aromatic heterocycles. The molecule has 0 atom stereocenters. The van der Waals surface area contributed by atoms with E-state index in [0.29, 0.717) is 55.2 Å². The molecule has 4 aromatic rings. The normalized spacial score (nSPS) is 10.8. The number of likely N-dealkylation sites (N-methyl/N-ethyl adjacent to an activating group) is 1. The topological polar surface area (TPSA) is 149 Å². The van der Waals surface area contributed by atoms with Gasteiger partial charge in [0.05, 0.1) is 12.0 Å². The zero-order valence-corrected chi connectivity index (χ0v) is 22.6. The van der Waals surface area contributed by atoms with Gasteiger partial charge < -0.3 is 39.5 Å². The molecule has 0 unspecified atom stereocenters. The highest BCUT2D eigenvalue weighted by Crippen LogP contribution is 2.25. The number of anilines is 7. The van der Waals surface area contributed by atoms with Crippen LogP contribution in [0.4, 0.5) is 41.4 Å². The minimum Gasteiger partial charge on any atom is -0.469 e. The first-order valence-corrected chi connectivity index (χ1v) is 12.2. The maximum Gasteiger partial charge on any atom is 0.236 e. The average molecular weight is 523 g/mol. The van der Waals surface area contributed by atoms with Gasteiger partial charge in [0.2, 0.25) is 35.7 Å². The van der Waals surface area contributed by atoms with Gasteiger partial charge in [-0.15, -0.1) is 0 Å². The molecule has 0 spiro atoms. The van der Waals surface area contributed by atoms with Crippen LogP contribution in [0.2, 0.25) is 0 Å². The molecule has 0 aliphatic rings. The molecule has 0 saturated heterocycles. The summed E-state index contributed by atoms with van der Waals surface area (Å²) in [5.41, 5.74) is 0.824. The van der Waals surface area contributed by atoms with E-state index in [-0.39, 0.29) is 0 Å². The van der Waals surface area contributed by atoms with Gasteiger partial charge in [-0.1, -0.05) is 0 Å². The molecule has 14 nitrogen and oxygen atoms in total. The minimum absolute atomic E-state index is 0.461. The Morgan fingerprint density at radius 2 is 1.47 bits per heavy atom. The third-order valence-electron chi connectivity index (χ3n) is 5.68. The van der Waals surface area contributed by atoms with Gasteiger partial charge in [0, 0.05) is 74.3 Å². The Labute approximate surface area is 221 Å². The molecule has 4 rings (SSSR count). The van der Waals surface area contributed by atoms with E-state index in [4.69, 9.17) is 8.83 Å². The summed E-state index contributed by atoms with van der Waals surface area (Å²) < 4.78 is 11.2. The monoisotopic (exact) mass is 522 g/mol. The summed E-state index contributed by atoms with van der Waals surface area (Å²) in [7, 11) is 11.2. The van der Waals surface area contributed by atoms with E-state index < -0.39 is 0 Å². The van der Waals surface area contributed by atoms with Crippen LogP contribution in [0, 0.1) is 0 Å². The Kier molecular flexibility index (Phi) is 8.40. The highest BCUT2D eigenvalue weighted by molar-refractivity contribution is 5.57. The zero-order valence-electron chi connectivity index (χ0n) is 22.6. The fourth-order valence-corrected chi connectivity index (χ4v) is 3.46. The first-order valence-electron chi connectivity index (χ1n) is 12.2. The summed E-state index contributed by atoms with van der Waals surface area (Å²) >= 11 is 0. The van der Waals surface area contributed by atoms with Crippen molar-refractivity contribution in [2.24, 2.45) is 0 Å². The van der Waals surface area contributed by atoms with Crippen LogP contribution < -0.4 is 30.7 Å². The van der Waals surface area contributed by atoms with Crippen LogP contribution in [0.25, 0.3) is 0 Å². The molecule has 0 aromatic carbocycles. The van der Waals surface area contributed by atoms with Gasteiger partial charge in [-0.3, -0.25) is 0 Å². The molecule has 3 N–H and O–H groups in total. The van der Waals surface area contributed by atoms with Gasteiger partial charge in [0.15, 0.2) is 0 Å². The van der Waals surface area contributed by atoms with Crippen LogP contribution in [0.5, 0.6) is 0 Å². The molecular weight excluding hydrogens is 488 g/mol. The highest BCUT2D eigenvalue weighted by atomic mass is 16.3. The maximum atomic E-state index is 5.84. The van der Waals surface area contributed by atoms with Crippen LogP contribution in [0.3, 0.4) is 0 Å². The predicted molar refractivity (Wildman–Crippen MR) is 148 cm³/mol. The Hall–Kier alpha value is -4.62. The summed E-state index contributed by atoms with van der Waals surface area (Å²) in [6, 6.07) is 5.78. The van der Waals surface area contributed by atoms with Crippen molar-refractivity contribution in [2.45, 2.75) is 12.8 Å². The number of hydrogen-bond donors (Lipinski definition) is 3. The molecule has 0 aliphatic heterocycles. The first-order chi connectivity index (χ1) is 18.4. The van der Waals surface area contributed by atoms with Gasteiger partial charge in [0.25, 0.3) is 0 Å². The van der Waals surface area contributed by atoms with Crippen molar-refractivity contribution < 1.29 is 8.83 Å². The fraction of sp³-hybridized carbons (Fsp3) is 0.417. The molecule has 0 saturated carbocycles. The lowest BCUT2D eigenvalue weighted by Gasteiger charge is -2.19. The smallest absolute Gasteiger partial charge is 0.236 e. The molecule has 0 fully saturated rings. The van der Waals surface area contributed by atoms with Crippen molar-refractivity contribution in [3.05, 3.63) is 42.2 Å². The lowest BCUT2D eigenvalue weighted by molar-refractivity contribution is 0.508. The first kappa shape index (κ1) is 26.4. The quantitative estimate of drug-likeness (QED) is 0.236. The Morgan fingerprint density at radius 1 is 0.763 bits per heavy atom. The van der Waals surface area contributed by atoms with E-state index >= 15 is 0 Å². The molecule has 14 heteroatoms. The number of nitrogens with zero attached hydrogens (tertiary/aromatic N) is 9. The van der Waals surface area contributed by atoms with Crippen molar-refractivity contribution in [1.82, 2.24) is 29.9 Å². The second-order valence-electron chi connectivity index (χ2n) is 8.69. The molecular formula is C24H34N12O2. The highest BCUT2D eigenvalue weighted by Gasteiger charge is 2.16. The average Bonchev–Trinajstić information content (AvgIpc) is 3.63. The summed E-state index contributed by atoms with van der Waals surface area (Å²) in [6.07, 6.45) is 4.72. The molecule has 4 heterocycles. The number of furan rings is 2. The van der Waals surface area contributed by atoms with E-state index in [1.807, 2.05) is 61.1 Å². The molecule has 0 radical (unpaired) electrons. The summed E-state index contributed by atoms with van der Waals surface area (Å²) in [6.45, 7) is 1.27. The summed E-state index contributed by atoms with van der Waals surface area (Å²) in [5.74, 6) is 4.80. The van der Waals surface area contributed by atoms with Crippen molar-refractivity contribution >= 4 is 41.4 Å². The third kappa shape index (κ3) is 6.57. The SMILES string of the molecule is CNc1nc(N(C)C)nc(N(C)CCc2cc(N(C)c3nc(NC)nc(NCCc4ccco4)n3)co2)n1. The number of hydrogen-bond acceptors (Lipinski definition) is 14. The van der Waals surface area contributed by atoms with Crippen molar-refractivity contribution in [3.8, 4) is 0 Å². The number of nitrogens with one attached hydrogen (secondary N) is 3. The van der Waals surface area contributed by atoms with Crippen LogP contribution >= 0.6 is 0 Å². The van der Waals surface area contributed by atoms with Gasteiger partial charge >= 0.3 is 0 Å². The Balaban J connectivity index is 1.40. The molecule has 0 amide bonds. The van der Waals surface area contributed by atoms with Gasteiger partial charge in [-0.05, 0) is 12.1 Å². The summed E-state index contributed by atoms with van der Waals surface area (Å²) in [5, 5.41) is 9.21. The standard InChI is InChI=1S/C24H34N12O2/c1-25-19-28-21(27-11-9-17-8-7-13-37-17)32-24(31-19)36(6)16-14-18(38-15-16)10-12-35(5)23-30-20(26-2)29-22(33-23)34(3)4/h7-8,13-15H,9-12H2,1-6H3,(H,26,29,30,33)(H2,25,27,28,31,32). The van der Waals surface area contributed by atoms with E-state index in [1.54, 1.807) is 26.6 Å². The van der Waals surface area contributed by atoms with Crippen LogP contribution in [-0.4, -0.2) is 85.3 Å². The minimum atomic E-state index is 0.461. The van der Waals surface area contributed by atoms with Crippen LogP contribution in [0.1, 0.15) is 11.5 Å². The molecule has 0 bridgehead atoms. The molecule has 0 aliphatic carbocycles. The lowest BCUT2D eigenvalue weighted by atomic mass is 10.3. The van der Waals surface area contributed by atoms with Gasteiger partial charge in [-0.25, -0.2) is 0 Å². The third-order valence-corrected chi connectivity index (χ3v) is 5.68. The van der Waals surface area contributed by atoms with Gasteiger partial charge in [0.1, 0.15) is 17.8 Å². The van der Waals surface area contributed by atoms with Crippen molar-refractivity contribution in [3.63, 3.8) is 0 Å². The largest absolute Gasteiger partial charge is 0.469 e. The fourth-order valence-electron chi connectivity index (χ4n) is 3.46. The lowest BCUT2D eigenvalue weighted by Crippen LogP contribution is -2.25. The van der Waals surface area contributed by atoms with E-state index in [1.165, 1.54) is 0 Å². The number of rotatable bonds is 13. The van der Waals surface area contributed by atoms with Gasteiger partial charge in [-0.2, -0.15) is 29.9 Å². The van der Waals surface area contributed by atoms with E-state index in [9.17, 15) is 0 Å². The molecule has 38 heavy (non-hydrogen) atoms. The second kappa shape index (κ2) is 12.1. The number of aromatic nitrogens is 6. The van der Waals surface area contributed by atoms with E-state index in [2.05, 4.69) is 45.9 Å². The van der Waals surface area contributed by atoms with E-state index in [0.717, 1.165) is 23.6 Å². The molecule has 202 valence electrons. The second-order valence-corrected chi connectivity index (χ2v) is 8.69. The van der Waals surface area contributed by atoms with Crippen molar-refractivity contribution in [1.29, 1.82) is 0 Å². The van der Waals surface area contributed by atoms with Crippen LogP contribution in [-0.2, 0) is 12.8 Å². The predicted octanol–water partition coefficient (Wildman–Crippen LogP) is 2.49. The van der Waals surface area contributed by atoms with Crippen molar-refractivity contribution in [2.75, 3.05) is 86.0 Å². The summed E-state index contributed by atoms with van der Waals surface area (Å²) in [4.78, 5) is 32.5. The zero-order chi connectivity index (χ0) is 27.1. The van der Waals surface area contributed by atoms with Crippen LogP contribution in [0.15, 0.2) is 39.6 Å². The Morgan fingerprint density at radius 3 is 2.18 bits per heavy atom.